The monoisotopic (exact) mass is 873 g/mol. The standard InChI is InChI=1S/C30H28N16S4.2ClH.Cu/c47-27-39-35-23-11-5-13-25-37-41-29(49)45(25)33-17-21-9-3-4-10-22(21)18-34-46-26(38-42-30(46)50)14-6-12-24-36-40-28(48)44(24)32-16-20-8-2-1-7-19(20)15-31-43(23)27;;;/h1-4,7-10,15-18H,5-6,11-14H2,(H,39,47)(H,40,48)(H,41,49)(H,42,50);2*1H;/q;;;+2/p-2/b31-15+,32-16+,33-17+,34-18+;;;. The number of rotatable bonds is 0. The van der Waals surface area contributed by atoms with E-state index in [-0.39, 0.29) is 0 Å². The summed E-state index contributed by atoms with van der Waals surface area (Å²) in [4.78, 5) is 0. The molecule has 0 saturated heterocycles. The van der Waals surface area contributed by atoms with E-state index in [1.165, 1.54) is 0 Å². The first-order chi connectivity index (χ1) is 25.9. The third kappa shape index (κ3) is 9.61. The van der Waals surface area contributed by atoms with E-state index in [9.17, 15) is 0 Å². The Bertz CT molecular complexity index is 2200. The van der Waals surface area contributed by atoms with E-state index in [0.717, 1.165) is 35.4 Å². The van der Waals surface area contributed by atoms with Crippen LogP contribution < -0.4 is 0 Å². The van der Waals surface area contributed by atoms with Crippen molar-refractivity contribution in [2.75, 3.05) is 0 Å². The Morgan fingerprint density at radius 2 is 0.679 bits per heavy atom. The number of nitrogens with zero attached hydrogens (tertiary/aromatic N) is 12. The molecule has 2 aromatic carbocycles. The van der Waals surface area contributed by atoms with Gasteiger partial charge in [-0.15, -0.1) is 0 Å². The fourth-order valence-electron chi connectivity index (χ4n) is 5.20. The summed E-state index contributed by atoms with van der Waals surface area (Å²) in [7, 11) is 9.34. The van der Waals surface area contributed by atoms with E-state index in [0.29, 0.717) is 80.9 Å². The Morgan fingerprint density at radius 1 is 0.453 bits per heavy atom. The van der Waals surface area contributed by atoms with E-state index >= 15 is 0 Å². The molecule has 0 amide bonds. The Balaban J connectivity index is 0.00000155. The molecule has 1 aliphatic rings. The van der Waals surface area contributed by atoms with Gasteiger partial charge < -0.3 is 0 Å². The first-order valence-corrected chi connectivity index (χ1v) is 19.9. The minimum atomic E-state index is 0.378. The second kappa shape index (κ2) is 18.6. The van der Waals surface area contributed by atoms with Crippen LogP contribution in [0.3, 0.4) is 0 Å². The molecular formula is C30H28Cl2CuN16S4. The summed E-state index contributed by atoms with van der Waals surface area (Å²) >= 11 is 22.8. The Labute approximate surface area is 336 Å². The van der Waals surface area contributed by atoms with Crippen molar-refractivity contribution in [2.45, 2.75) is 38.5 Å². The van der Waals surface area contributed by atoms with Crippen LogP contribution in [0.1, 0.15) is 58.4 Å². The summed E-state index contributed by atoms with van der Waals surface area (Å²) in [5.41, 5.74) is 3.28. The number of benzene rings is 2. The van der Waals surface area contributed by atoms with Gasteiger partial charge in [-0.3, -0.25) is 20.4 Å². The van der Waals surface area contributed by atoms with E-state index in [1.807, 2.05) is 48.5 Å². The maximum atomic E-state index is 5.50. The van der Waals surface area contributed by atoms with Gasteiger partial charge in [0.15, 0.2) is 23.3 Å². The third-order valence-corrected chi connectivity index (χ3v) is 8.77. The van der Waals surface area contributed by atoms with Crippen LogP contribution in [0.5, 0.6) is 0 Å². The maximum absolute atomic E-state index is 5.50. The van der Waals surface area contributed by atoms with Crippen molar-refractivity contribution in [2.24, 2.45) is 20.4 Å². The average Bonchev–Trinajstić information content (AvgIpc) is 3.91. The summed E-state index contributed by atoms with van der Waals surface area (Å²) in [6.45, 7) is 0. The van der Waals surface area contributed by atoms with E-state index < -0.39 is 0 Å². The molecule has 277 valence electrons. The molecule has 0 fully saturated rings. The molecule has 1 aliphatic heterocycles. The number of fused-ring (bicyclic) bond motifs is 6. The van der Waals surface area contributed by atoms with Gasteiger partial charge >= 0.3 is 33.3 Å². The molecule has 53 heavy (non-hydrogen) atoms. The molecule has 0 radical (unpaired) electrons. The number of aromatic nitrogens is 12. The van der Waals surface area contributed by atoms with Gasteiger partial charge in [-0.05, 0) is 61.7 Å². The Hall–Kier alpha value is -4.34. The Morgan fingerprint density at radius 3 is 0.906 bits per heavy atom. The van der Waals surface area contributed by atoms with Crippen LogP contribution in [0.4, 0.5) is 0 Å². The summed E-state index contributed by atoms with van der Waals surface area (Å²) in [5.74, 6) is 2.69. The van der Waals surface area contributed by atoms with Crippen molar-refractivity contribution in [3.8, 4) is 0 Å². The Kier molecular flexibility index (Phi) is 13.5. The zero-order chi connectivity index (χ0) is 37.2. The van der Waals surface area contributed by atoms with Crippen molar-refractivity contribution >= 4 is 93.9 Å². The molecule has 6 aromatic rings. The SMILES string of the molecule is S=c1[nH]nc2n1/N=C/c1ccccc1/C=N/n1c(n[nH]c1=S)CCCc1n[nH]c(=S)n1/N=C/c1ccccc1/C=N/n1c(n[nH]c1=S)CCC2.[Cl][Cu][Cl]. The number of H-pyrrole nitrogens is 4. The number of aryl methyl sites for hydroxylation is 4. The van der Waals surface area contributed by atoms with Crippen molar-refractivity contribution in [3.05, 3.63) is 113 Å². The van der Waals surface area contributed by atoms with Crippen molar-refractivity contribution in [1.29, 1.82) is 0 Å². The number of hydrogen-bond acceptors (Lipinski definition) is 12. The fourth-order valence-corrected chi connectivity index (χ4v) is 5.99. The van der Waals surface area contributed by atoms with Gasteiger partial charge in [-0.2, -0.15) is 59.5 Å². The molecule has 0 unspecified atom stereocenters. The molecule has 5 heterocycles. The van der Waals surface area contributed by atoms with E-state index in [1.54, 1.807) is 43.6 Å². The van der Waals surface area contributed by atoms with Gasteiger partial charge in [0.1, 0.15) is 0 Å². The summed E-state index contributed by atoms with van der Waals surface area (Å²) in [6, 6.07) is 15.5. The summed E-state index contributed by atoms with van der Waals surface area (Å²) < 4.78 is 7.97. The van der Waals surface area contributed by atoms with Crippen molar-refractivity contribution < 1.29 is 13.1 Å². The van der Waals surface area contributed by atoms with E-state index in [4.69, 9.17) is 48.9 Å². The van der Waals surface area contributed by atoms with Gasteiger partial charge in [0, 0.05) is 47.9 Å². The molecular weight excluding hydrogens is 847 g/mol. The normalized spacial score (nSPS) is 16.0. The zero-order valence-electron chi connectivity index (χ0n) is 27.2. The number of aromatic amines is 4. The number of halogens is 2. The number of nitrogens with one attached hydrogen (secondary N) is 4. The quantitative estimate of drug-likeness (QED) is 0.102. The molecule has 0 spiro atoms. The molecule has 0 bridgehead atoms. The second-order valence-corrected chi connectivity index (χ2v) is 14.1. The van der Waals surface area contributed by atoms with Crippen LogP contribution in [0.25, 0.3) is 0 Å². The predicted molar refractivity (Wildman–Crippen MR) is 210 cm³/mol. The summed E-state index contributed by atoms with van der Waals surface area (Å²) in [5, 5.41) is 47.7. The average molecular weight is 875 g/mol. The zero-order valence-corrected chi connectivity index (χ0v) is 32.9. The third-order valence-electron chi connectivity index (χ3n) is 7.71. The molecule has 0 saturated carbocycles. The molecule has 0 atom stereocenters. The van der Waals surface area contributed by atoms with Crippen molar-refractivity contribution in [3.63, 3.8) is 0 Å². The van der Waals surface area contributed by atoms with E-state index in [2.05, 4.69) is 81.4 Å². The molecule has 16 nitrogen and oxygen atoms in total. The van der Waals surface area contributed by atoms with Gasteiger partial charge in [0.05, 0.1) is 24.9 Å². The summed E-state index contributed by atoms with van der Waals surface area (Å²) in [6.07, 6.45) is 10.5. The van der Waals surface area contributed by atoms with Gasteiger partial charge in [-0.25, -0.2) is 0 Å². The van der Waals surface area contributed by atoms with Gasteiger partial charge in [0.2, 0.25) is 19.1 Å². The molecule has 4 aromatic heterocycles. The van der Waals surface area contributed by atoms with Crippen LogP contribution in [0.15, 0.2) is 68.9 Å². The first kappa shape index (κ1) is 38.4. The van der Waals surface area contributed by atoms with Crippen LogP contribution in [0, 0.1) is 19.1 Å². The van der Waals surface area contributed by atoms with Gasteiger partial charge in [0.25, 0.3) is 0 Å². The van der Waals surface area contributed by atoms with Crippen LogP contribution >= 0.6 is 69.1 Å². The molecule has 7 rings (SSSR count). The predicted octanol–water partition coefficient (Wildman–Crippen LogP) is 6.27. The molecule has 23 heteroatoms. The second-order valence-electron chi connectivity index (χ2n) is 11.0. The van der Waals surface area contributed by atoms with Crippen LogP contribution in [-0.2, 0) is 38.8 Å². The van der Waals surface area contributed by atoms with Gasteiger partial charge in [-0.1, -0.05) is 48.5 Å². The van der Waals surface area contributed by atoms with Crippen molar-refractivity contribution in [1.82, 2.24) is 59.5 Å². The minimum absolute atomic E-state index is 0.378. The topological polar surface area (TPSA) is 184 Å². The molecule has 4 N–H and O–H groups in total. The fraction of sp³-hybridized carbons (Fsp3) is 0.200. The first-order valence-electron chi connectivity index (χ1n) is 15.7. The number of hydrogen-bond donors (Lipinski definition) is 4. The van der Waals surface area contributed by atoms with Crippen LogP contribution in [-0.4, -0.2) is 84.4 Å². The molecule has 0 aliphatic carbocycles. The van der Waals surface area contributed by atoms with Crippen LogP contribution in [0.2, 0.25) is 0 Å².